The van der Waals surface area contributed by atoms with Crippen LogP contribution in [0, 0.1) is 11.6 Å². The highest BCUT2D eigenvalue weighted by Crippen LogP contribution is 2.42. The molecule has 0 unspecified atom stereocenters. The van der Waals surface area contributed by atoms with E-state index in [1.54, 1.807) is 39.0 Å². The number of methoxy groups -OCH3 is 1. The van der Waals surface area contributed by atoms with Gasteiger partial charge in [-0.05, 0) is 103 Å². The van der Waals surface area contributed by atoms with Crippen molar-refractivity contribution in [1.82, 2.24) is 35.1 Å². The van der Waals surface area contributed by atoms with Gasteiger partial charge in [0, 0.05) is 94.2 Å². The second-order valence-electron chi connectivity index (χ2n) is 16.7. The number of piperidine rings is 2. The number of carbonyl (C=O) groups is 2. The Kier molecular flexibility index (Phi) is 13.4. The maximum atomic E-state index is 15.1. The molecule has 8 rings (SSSR count). The lowest BCUT2D eigenvalue weighted by atomic mass is 9.89. The standard InChI is InChI=1S/C45H52BrF2N10O4P/c1-5-28-24-36(53-45-51-26-31(46)43(55-45)52-35-8-7-34-41(50-14-13-49-34)42(35)63(3,4)61)38(62-2)25-37(28)58-16-11-29(12-17-58)57-20-18-56(19-21-57)15-10-27-22-32(47)40(33(48)23-27)30-6-9-39(59)54-44(30)60/h7-8,13-14,22-26,29-30H,5-6,9-12,15-21H2,1-4H3,(H,54,59,60)(H2,51,52,53,55)/t30-/m0/s1. The first-order valence-electron chi connectivity index (χ1n) is 21.4. The van der Waals surface area contributed by atoms with E-state index in [4.69, 9.17) is 9.72 Å². The summed E-state index contributed by atoms with van der Waals surface area (Å²) < 4.78 is 50.3. The zero-order valence-corrected chi connectivity index (χ0v) is 38.4. The zero-order chi connectivity index (χ0) is 44.4. The molecule has 3 aromatic carbocycles. The van der Waals surface area contributed by atoms with Gasteiger partial charge in [-0.25, -0.2) is 13.8 Å². The number of benzene rings is 3. The molecule has 63 heavy (non-hydrogen) atoms. The summed E-state index contributed by atoms with van der Waals surface area (Å²) in [7, 11) is -1.13. The van der Waals surface area contributed by atoms with E-state index in [9.17, 15) is 14.2 Å². The molecule has 2 amide bonds. The molecule has 0 radical (unpaired) electrons. The van der Waals surface area contributed by atoms with E-state index < -0.39 is 36.5 Å². The number of rotatable bonds is 13. The maximum Gasteiger partial charge on any atom is 0.234 e. The summed E-state index contributed by atoms with van der Waals surface area (Å²) in [6.45, 7) is 11.7. The lowest BCUT2D eigenvalue weighted by Crippen LogP contribution is -2.53. The van der Waals surface area contributed by atoms with Crippen molar-refractivity contribution in [3.05, 3.63) is 87.8 Å². The predicted molar refractivity (Wildman–Crippen MR) is 246 cm³/mol. The van der Waals surface area contributed by atoms with Crippen LogP contribution in [0.4, 0.5) is 37.6 Å². The van der Waals surface area contributed by atoms with Crippen LogP contribution >= 0.6 is 23.1 Å². The quantitative estimate of drug-likeness (QED) is 0.0811. The van der Waals surface area contributed by atoms with Gasteiger partial charge in [0.05, 0.1) is 39.7 Å². The van der Waals surface area contributed by atoms with E-state index in [0.29, 0.717) is 68.6 Å². The van der Waals surface area contributed by atoms with Gasteiger partial charge in [0.2, 0.25) is 17.8 Å². The van der Waals surface area contributed by atoms with Crippen molar-refractivity contribution in [3.8, 4) is 5.75 Å². The molecule has 5 aromatic rings. The van der Waals surface area contributed by atoms with E-state index in [-0.39, 0.29) is 18.4 Å². The summed E-state index contributed by atoms with van der Waals surface area (Å²) in [5.41, 5.74) is 5.25. The number of aryl methyl sites for hydroxylation is 1. The molecule has 0 bridgehead atoms. The van der Waals surface area contributed by atoms with E-state index in [0.717, 1.165) is 69.9 Å². The minimum atomic E-state index is -2.79. The number of anilines is 5. The van der Waals surface area contributed by atoms with Crippen LogP contribution in [0.2, 0.25) is 0 Å². The Labute approximate surface area is 374 Å². The number of ether oxygens (including phenoxy) is 1. The van der Waals surface area contributed by atoms with Crippen LogP contribution in [0.15, 0.2) is 59.5 Å². The van der Waals surface area contributed by atoms with Gasteiger partial charge in [-0.15, -0.1) is 0 Å². The first-order valence-corrected chi connectivity index (χ1v) is 24.8. The highest BCUT2D eigenvalue weighted by atomic mass is 79.9. The Hall–Kier alpha value is -5.09. The summed E-state index contributed by atoms with van der Waals surface area (Å²) in [6.07, 6.45) is 8.42. The van der Waals surface area contributed by atoms with Crippen LogP contribution in [0.3, 0.4) is 0 Å². The third-order valence-electron chi connectivity index (χ3n) is 12.3. The number of aromatic nitrogens is 4. The first-order chi connectivity index (χ1) is 30.3. The van der Waals surface area contributed by atoms with Gasteiger partial charge < -0.3 is 29.7 Å². The molecule has 2 aromatic heterocycles. The smallest absolute Gasteiger partial charge is 0.234 e. The highest BCUT2D eigenvalue weighted by Gasteiger charge is 2.33. The summed E-state index contributed by atoms with van der Waals surface area (Å²) in [6, 6.07) is 11.0. The number of carbonyl (C=O) groups excluding carboxylic acids is 2. The highest BCUT2D eigenvalue weighted by molar-refractivity contribution is 9.10. The molecule has 332 valence electrons. The summed E-state index contributed by atoms with van der Waals surface area (Å²) in [4.78, 5) is 49.4. The SMILES string of the molecule is CCc1cc(Nc2ncc(Br)c(Nc3ccc4nccnc4c3P(C)(C)=O)n2)c(OC)cc1N1CCC(N2CCN(CCc3cc(F)c([C@@H]4CCC(=O)NC4=O)c(F)c3)CC2)CC1. The Bertz CT molecular complexity index is 2560. The van der Waals surface area contributed by atoms with E-state index >= 15 is 8.78 Å². The van der Waals surface area contributed by atoms with Gasteiger partial charge in [0.25, 0.3) is 0 Å². The van der Waals surface area contributed by atoms with Gasteiger partial charge in [0.1, 0.15) is 35.9 Å². The summed E-state index contributed by atoms with van der Waals surface area (Å²) >= 11 is 3.58. The van der Waals surface area contributed by atoms with Crippen LogP contribution in [0.1, 0.15) is 55.2 Å². The van der Waals surface area contributed by atoms with Crippen molar-refractivity contribution in [1.29, 1.82) is 0 Å². The van der Waals surface area contributed by atoms with E-state index in [1.165, 1.54) is 17.7 Å². The molecule has 14 nitrogen and oxygen atoms in total. The van der Waals surface area contributed by atoms with Crippen molar-refractivity contribution in [3.63, 3.8) is 0 Å². The topological polar surface area (TPSA) is 158 Å². The second-order valence-corrected chi connectivity index (χ2v) is 20.7. The molecule has 0 aliphatic carbocycles. The van der Waals surface area contributed by atoms with Gasteiger partial charge in [0.15, 0.2) is 0 Å². The van der Waals surface area contributed by atoms with E-state index in [2.05, 4.69) is 80.6 Å². The number of halogens is 3. The minimum absolute atomic E-state index is 0.0634. The average Bonchev–Trinajstić information content (AvgIpc) is 3.27. The molecule has 5 heterocycles. The Balaban J connectivity index is 0.868. The third-order valence-corrected chi connectivity index (χ3v) is 14.5. The van der Waals surface area contributed by atoms with Crippen LogP contribution < -0.4 is 30.9 Å². The molecule has 3 aliphatic heterocycles. The van der Waals surface area contributed by atoms with Crippen LogP contribution in [-0.4, -0.2) is 114 Å². The minimum Gasteiger partial charge on any atom is -0.494 e. The molecule has 18 heteroatoms. The molecular weight excluding hydrogens is 893 g/mol. The number of fused-ring (bicyclic) bond motifs is 1. The number of nitrogens with zero attached hydrogens (tertiary/aromatic N) is 7. The van der Waals surface area contributed by atoms with Crippen LogP contribution in [-0.2, 0) is 27.0 Å². The average molecular weight is 946 g/mol. The van der Waals surface area contributed by atoms with Crippen molar-refractivity contribution < 1.29 is 27.7 Å². The van der Waals surface area contributed by atoms with Gasteiger partial charge in [-0.1, -0.05) is 6.92 Å². The number of amides is 2. The molecular formula is C45H52BrF2N10O4P. The predicted octanol–water partition coefficient (Wildman–Crippen LogP) is 7.12. The lowest BCUT2D eigenvalue weighted by Gasteiger charge is -2.43. The number of piperazine rings is 1. The normalized spacial score (nSPS) is 18.1. The number of imide groups is 1. The fourth-order valence-electron chi connectivity index (χ4n) is 9.08. The molecule has 3 fully saturated rings. The Morgan fingerprint density at radius 2 is 1.65 bits per heavy atom. The molecule has 3 N–H and O–H groups in total. The Morgan fingerprint density at radius 1 is 0.921 bits per heavy atom. The fourth-order valence-corrected chi connectivity index (χ4v) is 10.8. The molecule has 0 spiro atoms. The van der Waals surface area contributed by atoms with Crippen LogP contribution in [0.5, 0.6) is 5.75 Å². The lowest BCUT2D eigenvalue weighted by molar-refractivity contribution is -0.134. The molecule has 3 aliphatic rings. The first kappa shape index (κ1) is 44.5. The number of hydrogen-bond acceptors (Lipinski definition) is 13. The Morgan fingerprint density at radius 3 is 2.33 bits per heavy atom. The largest absolute Gasteiger partial charge is 0.494 e. The van der Waals surface area contributed by atoms with E-state index in [1.807, 2.05) is 12.1 Å². The number of nitrogens with one attached hydrogen (secondary N) is 3. The van der Waals surface area contributed by atoms with Crippen LogP contribution in [0.25, 0.3) is 11.0 Å². The van der Waals surface area contributed by atoms with Gasteiger partial charge in [-0.2, -0.15) is 4.98 Å². The molecule has 0 saturated carbocycles. The fraction of sp³-hybridized carbons (Fsp3) is 0.422. The molecule has 3 saturated heterocycles. The monoisotopic (exact) mass is 944 g/mol. The van der Waals surface area contributed by atoms with Gasteiger partial charge >= 0.3 is 0 Å². The van der Waals surface area contributed by atoms with Crippen molar-refractivity contribution in [2.75, 3.05) is 81.8 Å². The molecule has 1 atom stereocenters. The number of hydrogen-bond donors (Lipinski definition) is 3. The van der Waals surface area contributed by atoms with Crippen molar-refractivity contribution >= 4 is 80.1 Å². The second kappa shape index (κ2) is 18.9. The third kappa shape index (κ3) is 9.86. The van der Waals surface area contributed by atoms with Crippen molar-refractivity contribution in [2.24, 2.45) is 0 Å². The summed E-state index contributed by atoms with van der Waals surface area (Å²) in [5, 5.41) is 9.54. The van der Waals surface area contributed by atoms with Crippen molar-refractivity contribution in [2.45, 2.75) is 57.4 Å². The van der Waals surface area contributed by atoms with Gasteiger partial charge in [-0.3, -0.25) is 29.8 Å². The summed E-state index contributed by atoms with van der Waals surface area (Å²) in [5.74, 6) is -2.01. The maximum absolute atomic E-state index is 15.1. The zero-order valence-electron chi connectivity index (χ0n) is 35.9.